The van der Waals surface area contributed by atoms with Gasteiger partial charge in [-0.2, -0.15) is 0 Å². The van der Waals surface area contributed by atoms with Crippen molar-refractivity contribution in [3.05, 3.63) is 0 Å². The first-order valence-corrected chi connectivity index (χ1v) is 4.54. The van der Waals surface area contributed by atoms with Gasteiger partial charge in [-0.25, -0.2) is 0 Å². The van der Waals surface area contributed by atoms with Crippen molar-refractivity contribution in [1.82, 2.24) is 0 Å². The Labute approximate surface area is 67.7 Å². The second-order valence-corrected chi connectivity index (χ2v) is 3.44. The average molecular weight is 163 g/mol. The van der Waals surface area contributed by atoms with Crippen LogP contribution in [-0.4, -0.2) is 18.1 Å². The highest BCUT2D eigenvalue weighted by Crippen LogP contribution is 2.23. The summed E-state index contributed by atoms with van der Waals surface area (Å²) in [6.07, 6.45) is 5.34. The molecule has 0 aliphatic carbocycles. The van der Waals surface area contributed by atoms with E-state index in [2.05, 4.69) is 6.92 Å². The van der Waals surface area contributed by atoms with E-state index in [1.165, 1.54) is 19.3 Å². The molecule has 0 amide bonds. The fourth-order valence-electron chi connectivity index (χ4n) is 1.04. The lowest BCUT2D eigenvalue weighted by Gasteiger charge is -2.03. The van der Waals surface area contributed by atoms with E-state index in [1.54, 1.807) is 0 Å². The van der Waals surface area contributed by atoms with Crippen molar-refractivity contribution in [3.8, 4) is 0 Å². The number of epoxide rings is 1. The minimum Gasteiger partial charge on any atom is -0.372 e. The van der Waals surface area contributed by atoms with Crippen LogP contribution in [0.25, 0.3) is 0 Å². The van der Waals surface area contributed by atoms with Crippen molar-refractivity contribution in [2.45, 2.75) is 44.1 Å². The Morgan fingerprint density at radius 1 is 1.60 bits per heavy atom. The van der Waals surface area contributed by atoms with Crippen LogP contribution >= 0.6 is 11.6 Å². The topological polar surface area (TPSA) is 12.5 Å². The third kappa shape index (κ3) is 2.89. The normalized spacial score (nSPS) is 26.4. The lowest BCUT2D eigenvalue weighted by molar-refractivity contribution is 0.391. The van der Waals surface area contributed by atoms with Crippen molar-refractivity contribution in [2.24, 2.45) is 0 Å². The first-order chi connectivity index (χ1) is 4.84. The molecule has 1 rings (SSSR count). The maximum Gasteiger partial charge on any atom is 0.0972 e. The monoisotopic (exact) mass is 162 g/mol. The molecular weight excluding hydrogens is 148 g/mol. The summed E-state index contributed by atoms with van der Waals surface area (Å²) in [5, 5.41) is 0.284. The van der Waals surface area contributed by atoms with Gasteiger partial charge in [0.15, 0.2) is 0 Å². The second-order valence-electron chi connectivity index (χ2n) is 2.88. The highest BCUT2D eigenvalue weighted by atomic mass is 35.5. The molecule has 60 valence electrons. The zero-order valence-corrected chi connectivity index (χ0v) is 7.23. The Hall–Kier alpha value is 0.250. The molecule has 1 heterocycles. The molecule has 0 aromatic rings. The Morgan fingerprint density at radius 2 is 2.30 bits per heavy atom. The number of alkyl halides is 1. The molecule has 10 heavy (non-hydrogen) atoms. The van der Waals surface area contributed by atoms with Crippen LogP contribution in [0.2, 0.25) is 0 Å². The van der Waals surface area contributed by atoms with E-state index in [-0.39, 0.29) is 5.38 Å². The van der Waals surface area contributed by atoms with E-state index in [0.717, 1.165) is 13.0 Å². The molecule has 1 aliphatic heterocycles. The zero-order valence-electron chi connectivity index (χ0n) is 6.48. The molecule has 1 nitrogen and oxygen atoms in total. The molecule has 2 unspecified atom stereocenters. The molecule has 0 saturated carbocycles. The molecule has 2 atom stereocenters. The van der Waals surface area contributed by atoms with Crippen molar-refractivity contribution in [1.29, 1.82) is 0 Å². The first-order valence-electron chi connectivity index (χ1n) is 4.10. The van der Waals surface area contributed by atoms with Crippen molar-refractivity contribution >= 4 is 11.6 Å². The Bertz CT molecular complexity index is 91.3. The van der Waals surface area contributed by atoms with Crippen LogP contribution in [0.5, 0.6) is 0 Å². The van der Waals surface area contributed by atoms with Gasteiger partial charge in [0.1, 0.15) is 0 Å². The van der Waals surface area contributed by atoms with Crippen LogP contribution in [0, 0.1) is 0 Å². The molecule has 1 aliphatic rings. The lowest BCUT2D eigenvalue weighted by atomic mass is 10.1. The minimum absolute atomic E-state index is 0.284. The maximum absolute atomic E-state index is 5.99. The number of rotatable bonds is 5. The quantitative estimate of drug-likeness (QED) is 0.344. The summed E-state index contributed by atoms with van der Waals surface area (Å²) in [4.78, 5) is 0. The van der Waals surface area contributed by atoms with Gasteiger partial charge in [-0.3, -0.25) is 0 Å². The number of unbranched alkanes of at least 4 members (excludes halogenated alkanes) is 2. The highest BCUT2D eigenvalue weighted by molar-refractivity contribution is 6.21. The molecular formula is C8H15ClO. The van der Waals surface area contributed by atoms with E-state index in [1.807, 2.05) is 0 Å². The lowest BCUT2D eigenvalue weighted by Crippen LogP contribution is -2.06. The van der Waals surface area contributed by atoms with Gasteiger partial charge in [-0.1, -0.05) is 26.2 Å². The minimum atomic E-state index is 0.284. The van der Waals surface area contributed by atoms with Gasteiger partial charge in [0.05, 0.1) is 18.1 Å². The van der Waals surface area contributed by atoms with Gasteiger partial charge in [-0.15, -0.1) is 11.6 Å². The molecule has 2 heteroatoms. The van der Waals surface area contributed by atoms with Crippen LogP contribution in [0.4, 0.5) is 0 Å². The van der Waals surface area contributed by atoms with E-state index in [9.17, 15) is 0 Å². The third-order valence-electron chi connectivity index (χ3n) is 1.85. The van der Waals surface area contributed by atoms with E-state index < -0.39 is 0 Å². The second kappa shape index (κ2) is 4.20. The third-order valence-corrected chi connectivity index (χ3v) is 2.35. The molecule has 0 bridgehead atoms. The predicted molar refractivity (Wildman–Crippen MR) is 43.5 cm³/mol. The highest BCUT2D eigenvalue weighted by Gasteiger charge is 2.30. The predicted octanol–water partition coefficient (Wildman–Crippen LogP) is 2.57. The molecule has 1 saturated heterocycles. The van der Waals surface area contributed by atoms with E-state index in [0.29, 0.717) is 6.10 Å². The number of halogens is 1. The van der Waals surface area contributed by atoms with Crippen LogP contribution in [0.15, 0.2) is 0 Å². The van der Waals surface area contributed by atoms with Crippen LogP contribution in [-0.2, 0) is 4.74 Å². The van der Waals surface area contributed by atoms with Gasteiger partial charge in [0.25, 0.3) is 0 Å². The molecule has 1 fully saturated rings. The van der Waals surface area contributed by atoms with Gasteiger partial charge in [0, 0.05) is 0 Å². The zero-order chi connectivity index (χ0) is 7.40. The van der Waals surface area contributed by atoms with Crippen molar-refractivity contribution in [2.75, 3.05) is 6.61 Å². The fraction of sp³-hybridized carbons (Fsp3) is 1.00. The summed E-state index contributed by atoms with van der Waals surface area (Å²) < 4.78 is 5.07. The van der Waals surface area contributed by atoms with Gasteiger partial charge < -0.3 is 4.74 Å². The Kier molecular flexibility index (Phi) is 3.50. The summed E-state index contributed by atoms with van der Waals surface area (Å²) in [7, 11) is 0. The van der Waals surface area contributed by atoms with Crippen LogP contribution in [0.3, 0.4) is 0 Å². The SMILES string of the molecule is CCCCCC(Cl)C1CO1. The number of hydrogen-bond acceptors (Lipinski definition) is 1. The summed E-state index contributed by atoms with van der Waals surface area (Å²) in [6.45, 7) is 3.09. The fourth-order valence-corrected chi connectivity index (χ4v) is 1.34. The standard InChI is InChI=1S/C8H15ClO/c1-2-3-4-5-7(9)8-6-10-8/h7-8H,2-6H2,1H3. The maximum atomic E-state index is 5.99. The van der Waals surface area contributed by atoms with E-state index >= 15 is 0 Å². The summed E-state index contributed by atoms with van der Waals surface area (Å²) >= 11 is 5.99. The number of ether oxygens (including phenoxy) is 1. The largest absolute Gasteiger partial charge is 0.372 e. The van der Waals surface area contributed by atoms with Crippen LogP contribution in [0.1, 0.15) is 32.6 Å². The van der Waals surface area contributed by atoms with Gasteiger partial charge >= 0.3 is 0 Å². The Morgan fingerprint density at radius 3 is 2.80 bits per heavy atom. The first kappa shape index (κ1) is 8.35. The summed E-state index contributed by atoms with van der Waals surface area (Å²) in [6, 6.07) is 0. The molecule has 0 aromatic heterocycles. The van der Waals surface area contributed by atoms with Crippen molar-refractivity contribution in [3.63, 3.8) is 0 Å². The molecule has 0 radical (unpaired) electrons. The Balaban J connectivity index is 1.90. The molecule has 0 aromatic carbocycles. The van der Waals surface area contributed by atoms with Gasteiger partial charge in [0.2, 0.25) is 0 Å². The average Bonchev–Trinajstić information content (AvgIpc) is 2.69. The smallest absolute Gasteiger partial charge is 0.0972 e. The number of hydrogen-bond donors (Lipinski definition) is 0. The van der Waals surface area contributed by atoms with Gasteiger partial charge in [-0.05, 0) is 6.42 Å². The van der Waals surface area contributed by atoms with Crippen LogP contribution < -0.4 is 0 Å². The summed E-state index contributed by atoms with van der Waals surface area (Å²) in [5.41, 5.74) is 0. The van der Waals surface area contributed by atoms with Crippen molar-refractivity contribution < 1.29 is 4.74 Å². The molecule has 0 spiro atoms. The van der Waals surface area contributed by atoms with E-state index in [4.69, 9.17) is 16.3 Å². The molecule has 0 N–H and O–H groups in total. The summed E-state index contributed by atoms with van der Waals surface area (Å²) in [5.74, 6) is 0.